The van der Waals surface area contributed by atoms with E-state index >= 15 is 0 Å². The first-order valence-corrected chi connectivity index (χ1v) is 4.25. The molecule has 1 aromatic heterocycles. The van der Waals surface area contributed by atoms with Gasteiger partial charge in [-0.3, -0.25) is 0 Å². The lowest BCUT2D eigenvalue weighted by Crippen LogP contribution is -2.35. The SMILES string of the molecule is Cc1ccc(N2CCOCC2)o1. The van der Waals surface area contributed by atoms with Gasteiger partial charge in [-0.25, -0.2) is 0 Å². The second-order valence-electron chi connectivity index (χ2n) is 2.98. The summed E-state index contributed by atoms with van der Waals surface area (Å²) in [5.74, 6) is 1.94. The first-order valence-electron chi connectivity index (χ1n) is 4.25. The summed E-state index contributed by atoms with van der Waals surface area (Å²) >= 11 is 0. The number of hydrogen-bond acceptors (Lipinski definition) is 3. The van der Waals surface area contributed by atoms with E-state index < -0.39 is 0 Å². The molecule has 0 bridgehead atoms. The third-order valence-electron chi connectivity index (χ3n) is 2.05. The zero-order chi connectivity index (χ0) is 8.39. The van der Waals surface area contributed by atoms with Gasteiger partial charge in [-0.15, -0.1) is 0 Å². The van der Waals surface area contributed by atoms with Crippen molar-refractivity contribution in [2.45, 2.75) is 6.92 Å². The van der Waals surface area contributed by atoms with Crippen LogP contribution in [0.1, 0.15) is 5.76 Å². The molecule has 1 fully saturated rings. The first-order chi connectivity index (χ1) is 5.86. The molecule has 2 heterocycles. The lowest BCUT2D eigenvalue weighted by Gasteiger charge is -2.26. The van der Waals surface area contributed by atoms with Crippen molar-refractivity contribution in [3.63, 3.8) is 0 Å². The fourth-order valence-corrected chi connectivity index (χ4v) is 1.38. The van der Waals surface area contributed by atoms with Crippen molar-refractivity contribution < 1.29 is 9.15 Å². The van der Waals surface area contributed by atoms with Gasteiger partial charge < -0.3 is 14.1 Å². The highest BCUT2D eigenvalue weighted by Crippen LogP contribution is 2.18. The Balaban J connectivity index is 2.08. The predicted octanol–water partition coefficient (Wildman–Crippen LogP) is 1.42. The van der Waals surface area contributed by atoms with Crippen LogP contribution in [-0.2, 0) is 4.74 Å². The van der Waals surface area contributed by atoms with Crippen molar-refractivity contribution in [1.82, 2.24) is 0 Å². The van der Waals surface area contributed by atoms with Crippen LogP contribution in [-0.4, -0.2) is 26.3 Å². The molecule has 0 radical (unpaired) electrons. The van der Waals surface area contributed by atoms with Gasteiger partial charge in [0, 0.05) is 19.2 Å². The van der Waals surface area contributed by atoms with Crippen LogP contribution in [0.15, 0.2) is 16.5 Å². The molecule has 0 unspecified atom stereocenters. The van der Waals surface area contributed by atoms with E-state index in [1.54, 1.807) is 0 Å². The molecule has 1 aromatic rings. The topological polar surface area (TPSA) is 25.6 Å². The minimum absolute atomic E-state index is 0.805. The summed E-state index contributed by atoms with van der Waals surface area (Å²) in [5, 5.41) is 0. The Kier molecular flexibility index (Phi) is 2.04. The summed E-state index contributed by atoms with van der Waals surface area (Å²) in [6, 6.07) is 4.01. The standard InChI is InChI=1S/C9H13NO2/c1-8-2-3-9(12-8)10-4-6-11-7-5-10/h2-3H,4-7H2,1H3. The number of ether oxygens (including phenoxy) is 1. The minimum Gasteiger partial charge on any atom is -0.446 e. The van der Waals surface area contributed by atoms with Gasteiger partial charge in [0.1, 0.15) is 5.76 Å². The van der Waals surface area contributed by atoms with Crippen molar-refractivity contribution in [2.75, 3.05) is 31.2 Å². The summed E-state index contributed by atoms with van der Waals surface area (Å²) < 4.78 is 10.7. The van der Waals surface area contributed by atoms with Crippen molar-refractivity contribution in [1.29, 1.82) is 0 Å². The number of aryl methyl sites for hydroxylation is 1. The highest BCUT2D eigenvalue weighted by Gasteiger charge is 2.13. The van der Waals surface area contributed by atoms with Crippen LogP contribution in [0.25, 0.3) is 0 Å². The highest BCUT2D eigenvalue weighted by molar-refractivity contribution is 5.36. The Labute approximate surface area is 71.9 Å². The van der Waals surface area contributed by atoms with Crippen LogP contribution in [0.5, 0.6) is 0 Å². The summed E-state index contributed by atoms with van der Waals surface area (Å²) in [7, 11) is 0. The molecule has 0 aliphatic carbocycles. The number of hydrogen-bond donors (Lipinski definition) is 0. The summed E-state index contributed by atoms with van der Waals surface area (Å²) in [6.07, 6.45) is 0. The molecule has 1 aliphatic heterocycles. The van der Waals surface area contributed by atoms with Gasteiger partial charge in [-0.2, -0.15) is 0 Å². The average Bonchev–Trinajstić information content (AvgIpc) is 2.54. The molecule has 0 atom stereocenters. The van der Waals surface area contributed by atoms with Crippen LogP contribution in [0.3, 0.4) is 0 Å². The molecular weight excluding hydrogens is 154 g/mol. The van der Waals surface area contributed by atoms with Crippen LogP contribution in [0.4, 0.5) is 5.88 Å². The summed E-state index contributed by atoms with van der Waals surface area (Å²) in [5.41, 5.74) is 0. The van der Waals surface area contributed by atoms with Gasteiger partial charge in [0.2, 0.25) is 0 Å². The number of anilines is 1. The summed E-state index contributed by atoms with van der Waals surface area (Å²) in [6.45, 7) is 5.45. The number of morpholine rings is 1. The zero-order valence-corrected chi connectivity index (χ0v) is 7.25. The van der Waals surface area contributed by atoms with Crippen LogP contribution in [0.2, 0.25) is 0 Å². The maximum atomic E-state index is 5.49. The van der Waals surface area contributed by atoms with Crippen LogP contribution < -0.4 is 4.90 Å². The van der Waals surface area contributed by atoms with E-state index in [9.17, 15) is 0 Å². The minimum atomic E-state index is 0.805. The van der Waals surface area contributed by atoms with E-state index in [-0.39, 0.29) is 0 Å². The molecule has 1 saturated heterocycles. The molecule has 0 amide bonds. The molecule has 0 spiro atoms. The molecule has 0 saturated carbocycles. The van der Waals surface area contributed by atoms with Gasteiger partial charge in [-0.05, 0) is 13.0 Å². The largest absolute Gasteiger partial charge is 0.446 e. The fraction of sp³-hybridized carbons (Fsp3) is 0.556. The monoisotopic (exact) mass is 167 g/mol. The second kappa shape index (κ2) is 3.19. The molecule has 66 valence electrons. The maximum Gasteiger partial charge on any atom is 0.195 e. The first kappa shape index (κ1) is 7.68. The Bertz CT molecular complexity index is 251. The quantitative estimate of drug-likeness (QED) is 0.632. The van der Waals surface area contributed by atoms with Crippen molar-refractivity contribution >= 4 is 5.88 Å². The maximum absolute atomic E-state index is 5.49. The van der Waals surface area contributed by atoms with Gasteiger partial charge in [-0.1, -0.05) is 0 Å². The van der Waals surface area contributed by atoms with E-state index in [1.165, 1.54) is 0 Å². The molecule has 0 N–H and O–H groups in total. The van der Waals surface area contributed by atoms with Crippen LogP contribution in [0, 0.1) is 6.92 Å². The normalized spacial score (nSPS) is 18.2. The Morgan fingerprint density at radius 3 is 2.58 bits per heavy atom. The van der Waals surface area contributed by atoms with Crippen molar-refractivity contribution in [2.24, 2.45) is 0 Å². The average molecular weight is 167 g/mol. The van der Waals surface area contributed by atoms with E-state index in [1.807, 2.05) is 19.1 Å². The lowest BCUT2D eigenvalue weighted by molar-refractivity contribution is 0.120. The second-order valence-corrected chi connectivity index (χ2v) is 2.98. The van der Waals surface area contributed by atoms with E-state index in [2.05, 4.69) is 4.90 Å². The highest BCUT2D eigenvalue weighted by atomic mass is 16.5. The lowest BCUT2D eigenvalue weighted by atomic mass is 10.4. The molecule has 1 aliphatic rings. The molecule has 2 rings (SSSR count). The molecule has 3 nitrogen and oxygen atoms in total. The van der Waals surface area contributed by atoms with Crippen LogP contribution >= 0.6 is 0 Å². The van der Waals surface area contributed by atoms with Gasteiger partial charge >= 0.3 is 0 Å². The van der Waals surface area contributed by atoms with E-state index in [0.29, 0.717) is 0 Å². The van der Waals surface area contributed by atoms with E-state index in [4.69, 9.17) is 9.15 Å². The third kappa shape index (κ3) is 1.46. The Hall–Kier alpha value is -0.960. The van der Waals surface area contributed by atoms with Crippen molar-refractivity contribution in [3.8, 4) is 0 Å². The van der Waals surface area contributed by atoms with E-state index in [0.717, 1.165) is 37.9 Å². The third-order valence-corrected chi connectivity index (χ3v) is 2.05. The molecule has 0 aromatic carbocycles. The van der Waals surface area contributed by atoms with Gasteiger partial charge in [0.05, 0.1) is 13.2 Å². The molecule has 12 heavy (non-hydrogen) atoms. The molecule has 3 heteroatoms. The smallest absolute Gasteiger partial charge is 0.195 e. The predicted molar refractivity (Wildman–Crippen MR) is 46.5 cm³/mol. The Morgan fingerprint density at radius 2 is 2.00 bits per heavy atom. The van der Waals surface area contributed by atoms with Gasteiger partial charge in [0.15, 0.2) is 5.88 Å². The Morgan fingerprint density at radius 1 is 1.25 bits per heavy atom. The number of rotatable bonds is 1. The number of nitrogens with zero attached hydrogens (tertiary/aromatic N) is 1. The van der Waals surface area contributed by atoms with Gasteiger partial charge in [0.25, 0.3) is 0 Å². The van der Waals surface area contributed by atoms with Crippen molar-refractivity contribution in [3.05, 3.63) is 17.9 Å². The number of furan rings is 1. The molecular formula is C9H13NO2. The zero-order valence-electron chi connectivity index (χ0n) is 7.25. The fourth-order valence-electron chi connectivity index (χ4n) is 1.38. The summed E-state index contributed by atoms with van der Waals surface area (Å²) in [4.78, 5) is 2.20.